The summed E-state index contributed by atoms with van der Waals surface area (Å²) in [6.45, 7) is 11.4. The lowest BCUT2D eigenvalue weighted by Crippen LogP contribution is -2.52. The highest BCUT2D eigenvalue weighted by atomic mass is 15.2. The van der Waals surface area contributed by atoms with Crippen LogP contribution in [0.15, 0.2) is 12.4 Å². The van der Waals surface area contributed by atoms with E-state index in [0.29, 0.717) is 11.6 Å². The van der Waals surface area contributed by atoms with Gasteiger partial charge in [0.2, 0.25) is 0 Å². The summed E-state index contributed by atoms with van der Waals surface area (Å²) in [4.78, 5) is 7.00. The second-order valence-electron chi connectivity index (χ2n) is 6.89. The Kier molecular flexibility index (Phi) is 3.87. The summed E-state index contributed by atoms with van der Waals surface area (Å²) in [5.41, 5.74) is 0.328. The molecule has 2 heterocycles. The quantitative estimate of drug-likeness (QED) is 0.913. The van der Waals surface area contributed by atoms with Gasteiger partial charge in [0.15, 0.2) is 0 Å². The minimum atomic E-state index is 0.328. The van der Waals surface area contributed by atoms with Crippen LogP contribution in [-0.4, -0.2) is 45.7 Å². The van der Waals surface area contributed by atoms with E-state index in [1.165, 1.54) is 25.8 Å². The Morgan fingerprint density at radius 1 is 1.35 bits per heavy atom. The van der Waals surface area contributed by atoms with E-state index in [-0.39, 0.29) is 0 Å². The average molecular weight is 276 g/mol. The van der Waals surface area contributed by atoms with Gasteiger partial charge in [-0.15, -0.1) is 0 Å². The van der Waals surface area contributed by atoms with Crippen molar-refractivity contribution in [2.45, 2.75) is 58.2 Å². The molecule has 2 unspecified atom stereocenters. The Morgan fingerprint density at radius 3 is 2.80 bits per heavy atom. The maximum Gasteiger partial charge on any atom is 0.105 e. The normalized spacial score (nSPS) is 32.2. The van der Waals surface area contributed by atoms with E-state index >= 15 is 0 Å². The van der Waals surface area contributed by atoms with E-state index in [1.807, 2.05) is 6.20 Å². The molecule has 1 saturated heterocycles. The van der Waals surface area contributed by atoms with Crippen LogP contribution in [0.25, 0.3) is 0 Å². The molecule has 0 aromatic carbocycles. The summed E-state index contributed by atoms with van der Waals surface area (Å²) < 4.78 is 2.26. The van der Waals surface area contributed by atoms with Crippen LogP contribution in [0.1, 0.15) is 38.9 Å². The van der Waals surface area contributed by atoms with Gasteiger partial charge in [-0.1, -0.05) is 0 Å². The molecule has 2 atom stereocenters. The number of aromatic nitrogens is 2. The number of imidazole rings is 1. The fourth-order valence-corrected chi connectivity index (χ4v) is 3.55. The number of hydrogen-bond donors (Lipinski definition) is 1. The van der Waals surface area contributed by atoms with Gasteiger partial charge in [0, 0.05) is 43.6 Å². The molecule has 2 aliphatic rings. The van der Waals surface area contributed by atoms with Gasteiger partial charge in [0.1, 0.15) is 5.82 Å². The van der Waals surface area contributed by atoms with Crippen molar-refractivity contribution in [3.8, 4) is 0 Å². The molecule has 0 spiro atoms. The Labute approximate surface area is 122 Å². The molecule has 112 valence electrons. The van der Waals surface area contributed by atoms with Gasteiger partial charge in [-0.05, 0) is 52.5 Å². The monoisotopic (exact) mass is 276 g/mol. The Bertz CT molecular complexity index is 451. The summed E-state index contributed by atoms with van der Waals surface area (Å²) in [7, 11) is 0. The van der Waals surface area contributed by atoms with Gasteiger partial charge in [-0.3, -0.25) is 4.90 Å². The molecular formula is C16H28N4. The fourth-order valence-electron chi connectivity index (χ4n) is 3.55. The van der Waals surface area contributed by atoms with Gasteiger partial charge in [-0.25, -0.2) is 4.98 Å². The predicted octanol–water partition coefficient (Wildman–Crippen LogP) is 2.04. The highest BCUT2D eigenvalue weighted by Crippen LogP contribution is 2.40. The molecule has 1 saturated carbocycles. The van der Waals surface area contributed by atoms with E-state index in [0.717, 1.165) is 31.4 Å². The van der Waals surface area contributed by atoms with Gasteiger partial charge < -0.3 is 9.88 Å². The summed E-state index contributed by atoms with van der Waals surface area (Å²) in [5.74, 6) is 2.01. The first-order valence-electron chi connectivity index (χ1n) is 8.05. The Balaban J connectivity index is 1.64. The second-order valence-corrected chi connectivity index (χ2v) is 6.89. The minimum Gasteiger partial charge on any atom is -0.334 e. The average Bonchev–Trinajstić information content (AvgIpc) is 3.20. The summed E-state index contributed by atoms with van der Waals surface area (Å²) in [6.07, 6.45) is 8.07. The smallest absolute Gasteiger partial charge is 0.105 e. The third kappa shape index (κ3) is 2.91. The largest absolute Gasteiger partial charge is 0.334 e. The molecule has 4 heteroatoms. The number of nitrogens with zero attached hydrogens (tertiary/aromatic N) is 3. The summed E-state index contributed by atoms with van der Waals surface area (Å²) in [5, 5.41) is 3.82. The van der Waals surface area contributed by atoms with Crippen LogP contribution in [0, 0.1) is 12.8 Å². The van der Waals surface area contributed by atoms with Crippen LogP contribution in [-0.2, 0) is 6.54 Å². The van der Waals surface area contributed by atoms with Crippen molar-refractivity contribution in [2.24, 2.45) is 5.92 Å². The number of hydrogen-bond acceptors (Lipinski definition) is 3. The molecule has 2 fully saturated rings. The van der Waals surface area contributed by atoms with Gasteiger partial charge in [0.05, 0.1) is 0 Å². The van der Waals surface area contributed by atoms with Crippen LogP contribution in [0.3, 0.4) is 0 Å². The molecule has 3 rings (SSSR count). The van der Waals surface area contributed by atoms with Crippen molar-refractivity contribution in [3.63, 3.8) is 0 Å². The first kappa shape index (κ1) is 14.1. The predicted molar refractivity (Wildman–Crippen MR) is 81.7 cm³/mol. The zero-order valence-electron chi connectivity index (χ0n) is 13.1. The highest BCUT2D eigenvalue weighted by molar-refractivity contribution is 5.02. The van der Waals surface area contributed by atoms with Crippen molar-refractivity contribution >= 4 is 0 Å². The third-order valence-electron chi connectivity index (χ3n) is 5.28. The van der Waals surface area contributed by atoms with Crippen molar-refractivity contribution in [2.75, 3.05) is 19.6 Å². The molecule has 1 aliphatic heterocycles. The summed E-state index contributed by atoms with van der Waals surface area (Å²) in [6, 6.07) is 0.673. The SMILES string of the molecule is Cc1nccn1CCN1CC(C)(C2CC2)NCCC1C. The van der Waals surface area contributed by atoms with E-state index in [2.05, 4.69) is 46.7 Å². The minimum absolute atomic E-state index is 0.328. The molecule has 0 bridgehead atoms. The standard InChI is InChI=1S/C16H28N4/c1-13-6-7-18-16(3,15-4-5-15)12-20(13)11-10-19-9-8-17-14(19)2/h8-9,13,15,18H,4-7,10-12H2,1-3H3. The second kappa shape index (κ2) is 5.49. The first-order chi connectivity index (χ1) is 9.58. The van der Waals surface area contributed by atoms with E-state index in [1.54, 1.807) is 0 Å². The van der Waals surface area contributed by atoms with Crippen molar-refractivity contribution in [1.82, 2.24) is 19.8 Å². The molecule has 4 nitrogen and oxygen atoms in total. The molecular weight excluding hydrogens is 248 g/mol. The van der Waals surface area contributed by atoms with Gasteiger partial charge in [0.25, 0.3) is 0 Å². The van der Waals surface area contributed by atoms with Crippen molar-refractivity contribution < 1.29 is 0 Å². The van der Waals surface area contributed by atoms with Crippen LogP contribution < -0.4 is 5.32 Å². The van der Waals surface area contributed by atoms with Gasteiger partial charge >= 0.3 is 0 Å². The van der Waals surface area contributed by atoms with Crippen LogP contribution in [0.4, 0.5) is 0 Å². The zero-order chi connectivity index (χ0) is 14.2. The van der Waals surface area contributed by atoms with E-state index in [9.17, 15) is 0 Å². The highest BCUT2D eigenvalue weighted by Gasteiger charge is 2.43. The molecule has 1 aromatic rings. The van der Waals surface area contributed by atoms with Crippen molar-refractivity contribution in [3.05, 3.63) is 18.2 Å². The summed E-state index contributed by atoms with van der Waals surface area (Å²) >= 11 is 0. The fraction of sp³-hybridized carbons (Fsp3) is 0.812. The molecule has 0 amide bonds. The number of aryl methyl sites for hydroxylation is 1. The maximum atomic E-state index is 4.32. The lowest BCUT2D eigenvalue weighted by atomic mass is 9.95. The van der Waals surface area contributed by atoms with E-state index in [4.69, 9.17) is 0 Å². The Hall–Kier alpha value is -0.870. The van der Waals surface area contributed by atoms with Crippen LogP contribution >= 0.6 is 0 Å². The number of nitrogens with one attached hydrogen (secondary N) is 1. The molecule has 1 aromatic heterocycles. The third-order valence-corrected chi connectivity index (χ3v) is 5.28. The zero-order valence-corrected chi connectivity index (χ0v) is 13.1. The molecule has 0 radical (unpaired) electrons. The van der Waals surface area contributed by atoms with Crippen molar-refractivity contribution in [1.29, 1.82) is 0 Å². The maximum absolute atomic E-state index is 4.32. The number of rotatable bonds is 4. The lowest BCUT2D eigenvalue weighted by Gasteiger charge is -2.36. The molecule has 1 N–H and O–H groups in total. The van der Waals surface area contributed by atoms with Gasteiger partial charge in [-0.2, -0.15) is 0 Å². The first-order valence-corrected chi connectivity index (χ1v) is 8.05. The van der Waals surface area contributed by atoms with E-state index < -0.39 is 0 Å². The topological polar surface area (TPSA) is 33.1 Å². The van der Waals surface area contributed by atoms with Crippen LogP contribution in [0.2, 0.25) is 0 Å². The molecule has 1 aliphatic carbocycles. The Morgan fingerprint density at radius 2 is 2.15 bits per heavy atom. The van der Waals surface area contributed by atoms with Crippen LogP contribution in [0.5, 0.6) is 0 Å². The molecule has 20 heavy (non-hydrogen) atoms. The lowest BCUT2D eigenvalue weighted by molar-refractivity contribution is 0.156.